The number of unbranched alkanes of at least 4 members (excludes halogenated alkanes) is 1. The quantitative estimate of drug-likeness (QED) is 0.519. The maximum absolute atomic E-state index is 5.41. The molecule has 3 N–H and O–H groups in total. The van der Waals surface area contributed by atoms with Crippen LogP contribution in [0.4, 0.5) is 0 Å². The maximum Gasteiger partial charge on any atom is -0.000687 e. The van der Waals surface area contributed by atoms with E-state index >= 15 is 0 Å². The van der Waals surface area contributed by atoms with E-state index in [4.69, 9.17) is 5.73 Å². The molecule has 3 heteroatoms. The molecule has 0 aromatic heterocycles. The molecule has 0 atom stereocenters. The highest BCUT2D eigenvalue weighted by Crippen LogP contribution is 1.89. The van der Waals surface area contributed by atoms with Gasteiger partial charge in [0.1, 0.15) is 0 Å². The summed E-state index contributed by atoms with van der Waals surface area (Å²) >= 11 is 0. The van der Waals surface area contributed by atoms with Crippen LogP contribution in [0.1, 0.15) is 33.1 Å². The van der Waals surface area contributed by atoms with E-state index in [9.17, 15) is 0 Å². The van der Waals surface area contributed by atoms with E-state index in [1.165, 1.54) is 32.5 Å². The van der Waals surface area contributed by atoms with Gasteiger partial charge < -0.3 is 16.0 Å². The fourth-order valence-electron chi connectivity index (χ4n) is 1.49. The molecule has 0 aliphatic carbocycles. The summed E-state index contributed by atoms with van der Waals surface area (Å²) in [5, 5.41) is 3.44. The third kappa shape index (κ3) is 8.48. The first kappa shape index (κ1) is 13.9. The van der Waals surface area contributed by atoms with Gasteiger partial charge in [0.2, 0.25) is 0 Å². The van der Waals surface area contributed by atoms with Crippen LogP contribution in [0.25, 0.3) is 0 Å². The molecule has 0 fully saturated rings. The van der Waals surface area contributed by atoms with Crippen LogP contribution in [0.5, 0.6) is 0 Å². The van der Waals surface area contributed by atoms with Gasteiger partial charge in [-0.1, -0.05) is 13.8 Å². The van der Waals surface area contributed by atoms with Gasteiger partial charge in [0.15, 0.2) is 0 Å². The molecular formula is C11H27N3. The summed E-state index contributed by atoms with van der Waals surface area (Å²) in [4.78, 5) is 2.46. The molecule has 0 aromatic carbocycles. The van der Waals surface area contributed by atoms with Crippen molar-refractivity contribution < 1.29 is 0 Å². The molecule has 0 amide bonds. The summed E-state index contributed by atoms with van der Waals surface area (Å²) < 4.78 is 0. The molecule has 14 heavy (non-hydrogen) atoms. The molecular weight excluding hydrogens is 174 g/mol. The third-order valence-corrected chi connectivity index (χ3v) is 2.53. The fourth-order valence-corrected chi connectivity index (χ4v) is 1.49. The highest BCUT2D eigenvalue weighted by Gasteiger charge is 1.97. The van der Waals surface area contributed by atoms with Gasteiger partial charge in [-0.15, -0.1) is 0 Å². The predicted molar refractivity (Wildman–Crippen MR) is 63.6 cm³/mol. The predicted octanol–water partition coefficient (Wildman–Crippen LogP) is 1.05. The fraction of sp³-hybridized carbons (Fsp3) is 1.00. The van der Waals surface area contributed by atoms with Gasteiger partial charge in [-0.25, -0.2) is 0 Å². The van der Waals surface area contributed by atoms with Crippen molar-refractivity contribution in [1.29, 1.82) is 0 Å². The second kappa shape index (κ2) is 11.0. The lowest BCUT2D eigenvalue weighted by Crippen LogP contribution is -2.27. The van der Waals surface area contributed by atoms with Crippen LogP contribution in [-0.2, 0) is 0 Å². The Kier molecular flexibility index (Phi) is 10.9. The van der Waals surface area contributed by atoms with Gasteiger partial charge in [-0.05, 0) is 58.5 Å². The Balaban J connectivity index is 3.04. The zero-order chi connectivity index (χ0) is 10.6. The largest absolute Gasteiger partial charge is 0.330 e. The Labute approximate surface area is 89.0 Å². The standard InChI is InChI=1S/C11H27N3/c1-3-14(4-2)11-7-10-13-9-6-5-8-12/h13H,3-12H2,1-2H3. The minimum absolute atomic E-state index is 0.821. The summed E-state index contributed by atoms with van der Waals surface area (Å²) in [7, 11) is 0. The van der Waals surface area contributed by atoms with E-state index in [0.29, 0.717) is 0 Å². The van der Waals surface area contributed by atoms with Crippen LogP contribution >= 0.6 is 0 Å². The van der Waals surface area contributed by atoms with E-state index in [-0.39, 0.29) is 0 Å². The number of hydrogen-bond donors (Lipinski definition) is 2. The highest BCUT2D eigenvalue weighted by atomic mass is 15.1. The highest BCUT2D eigenvalue weighted by molar-refractivity contribution is 4.55. The van der Waals surface area contributed by atoms with Crippen molar-refractivity contribution in [3.63, 3.8) is 0 Å². The lowest BCUT2D eigenvalue weighted by Gasteiger charge is -2.17. The van der Waals surface area contributed by atoms with E-state index in [1.807, 2.05) is 0 Å². The average Bonchev–Trinajstić information content (AvgIpc) is 2.22. The summed E-state index contributed by atoms with van der Waals surface area (Å²) in [5.74, 6) is 0. The molecule has 0 unspecified atom stereocenters. The average molecular weight is 201 g/mol. The molecule has 3 nitrogen and oxygen atoms in total. The number of rotatable bonds is 10. The summed E-state index contributed by atoms with van der Waals surface area (Å²) in [6.45, 7) is 11.1. The van der Waals surface area contributed by atoms with Crippen molar-refractivity contribution in [2.24, 2.45) is 5.73 Å². The van der Waals surface area contributed by atoms with Gasteiger partial charge in [-0.2, -0.15) is 0 Å². The van der Waals surface area contributed by atoms with Gasteiger partial charge in [0, 0.05) is 0 Å². The Morgan fingerprint density at radius 3 is 2.21 bits per heavy atom. The van der Waals surface area contributed by atoms with Crippen LogP contribution in [0.3, 0.4) is 0 Å². The Bertz CT molecular complexity index is 103. The Hall–Kier alpha value is -0.120. The van der Waals surface area contributed by atoms with Crippen LogP contribution < -0.4 is 11.1 Å². The molecule has 0 aliphatic rings. The van der Waals surface area contributed by atoms with Crippen molar-refractivity contribution in [2.45, 2.75) is 33.1 Å². The van der Waals surface area contributed by atoms with Gasteiger partial charge in [0.25, 0.3) is 0 Å². The zero-order valence-electron chi connectivity index (χ0n) is 9.89. The van der Waals surface area contributed by atoms with Gasteiger partial charge in [0.05, 0.1) is 0 Å². The lowest BCUT2D eigenvalue weighted by atomic mass is 10.3. The summed E-state index contributed by atoms with van der Waals surface area (Å²) in [6.07, 6.45) is 3.61. The van der Waals surface area contributed by atoms with Gasteiger partial charge in [-0.3, -0.25) is 0 Å². The van der Waals surface area contributed by atoms with Crippen LogP contribution in [-0.4, -0.2) is 44.2 Å². The number of nitrogens with zero attached hydrogens (tertiary/aromatic N) is 1. The lowest BCUT2D eigenvalue weighted by molar-refractivity contribution is 0.298. The first-order valence-electron chi connectivity index (χ1n) is 5.98. The normalized spacial score (nSPS) is 11.1. The van der Waals surface area contributed by atoms with E-state index < -0.39 is 0 Å². The van der Waals surface area contributed by atoms with Gasteiger partial charge >= 0.3 is 0 Å². The topological polar surface area (TPSA) is 41.3 Å². The monoisotopic (exact) mass is 201 g/mol. The second-order valence-corrected chi connectivity index (χ2v) is 3.63. The van der Waals surface area contributed by atoms with E-state index in [0.717, 1.165) is 26.1 Å². The minimum atomic E-state index is 0.821. The van der Waals surface area contributed by atoms with Crippen molar-refractivity contribution >= 4 is 0 Å². The van der Waals surface area contributed by atoms with E-state index in [1.54, 1.807) is 0 Å². The van der Waals surface area contributed by atoms with Crippen LogP contribution in [0, 0.1) is 0 Å². The molecule has 0 spiro atoms. The number of nitrogens with one attached hydrogen (secondary N) is 1. The molecule has 0 aliphatic heterocycles. The van der Waals surface area contributed by atoms with Crippen molar-refractivity contribution in [1.82, 2.24) is 10.2 Å². The molecule has 0 aromatic rings. The molecule has 0 saturated heterocycles. The SMILES string of the molecule is CCN(CC)CCCNCCCCN. The van der Waals surface area contributed by atoms with Crippen molar-refractivity contribution in [3.05, 3.63) is 0 Å². The Morgan fingerprint density at radius 2 is 1.64 bits per heavy atom. The van der Waals surface area contributed by atoms with Crippen molar-refractivity contribution in [3.8, 4) is 0 Å². The third-order valence-electron chi connectivity index (χ3n) is 2.53. The molecule has 0 rings (SSSR count). The molecule has 0 saturated carbocycles. The number of nitrogens with two attached hydrogens (primary N) is 1. The smallest absolute Gasteiger partial charge is 0.000687 e. The van der Waals surface area contributed by atoms with Crippen LogP contribution in [0.15, 0.2) is 0 Å². The maximum atomic E-state index is 5.41. The molecule has 86 valence electrons. The first-order chi connectivity index (χ1) is 6.85. The van der Waals surface area contributed by atoms with E-state index in [2.05, 4.69) is 24.1 Å². The molecule has 0 bridgehead atoms. The first-order valence-corrected chi connectivity index (χ1v) is 5.98. The zero-order valence-corrected chi connectivity index (χ0v) is 9.89. The molecule has 0 radical (unpaired) electrons. The summed E-state index contributed by atoms with van der Waals surface area (Å²) in [5.41, 5.74) is 5.41. The van der Waals surface area contributed by atoms with Crippen molar-refractivity contribution in [2.75, 3.05) is 39.3 Å². The summed E-state index contributed by atoms with van der Waals surface area (Å²) in [6, 6.07) is 0. The van der Waals surface area contributed by atoms with Crippen LogP contribution in [0.2, 0.25) is 0 Å². The Morgan fingerprint density at radius 1 is 1.00 bits per heavy atom. The minimum Gasteiger partial charge on any atom is -0.330 e. The second-order valence-electron chi connectivity index (χ2n) is 3.63. The number of hydrogen-bond acceptors (Lipinski definition) is 3. The molecule has 0 heterocycles.